The molecule has 0 saturated carbocycles. The topological polar surface area (TPSA) is 0 Å². The van der Waals surface area contributed by atoms with Crippen molar-refractivity contribution in [3.63, 3.8) is 0 Å². The van der Waals surface area contributed by atoms with Crippen LogP contribution in [0.3, 0.4) is 0 Å². The fourth-order valence-corrected chi connectivity index (χ4v) is 0. The summed E-state index contributed by atoms with van der Waals surface area (Å²) in [6, 6.07) is 0. The first kappa shape index (κ1) is 9.76. The van der Waals surface area contributed by atoms with Crippen molar-refractivity contribution in [2.75, 3.05) is 0 Å². The van der Waals surface area contributed by atoms with Crippen LogP contribution in [0.5, 0.6) is 0 Å². The Kier molecular flexibility index (Phi) is 22.3. The van der Waals surface area contributed by atoms with Crippen molar-refractivity contribution in [3.05, 3.63) is 0 Å². The summed E-state index contributed by atoms with van der Waals surface area (Å²) in [5.41, 5.74) is 0. The van der Waals surface area contributed by atoms with Crippen molar-refractivity contribution < 1.29 is 8.46 Å². The van der Waals surface area contributed by atoms with Crippen molar-refractivity contribution in [2.24, 2.45) is 0 Å². The van der Waals surface area contributed by atoms with Crippen LogP contribution >= 0.6 is 40.7 Å². The maximum atomic E-state index is 2.28. The quantitative estimate of drug-likeness (QED) is 0.468. The summed E-state index contributed by atoms with van der Waals surface area (Å²) in [7, 11) is 1.19. The van der Waals surface area contributed by atoms with Gasteiger partial charge in [-0.25, -0.2) is 0 Å². The molecule has 0 unspecified atom stereocenters. The summed E-state index contributed by atoms with van der Waals surface area (Å²) in [5, 5.41) is 0. The van der Waals surface area contributed by atoms with Gasteiger partial charge in [-0.2, -0.15) is 0 Å². The van der Waals surface area contributed by atoms with Gasteiger partial charge in [-0.05, 0) is 0 Å². The second kappa shape index (κ2) is 9.13. The zero-order valence-electron chi connectivity index (χ0n) is 2.11. The molecule has 0 fully saturated rings. The molecule has 23 valence electrons. The third-order valence-corrected chi connectivity index (χ3v) is 0. The molecule has 0 rings (SSSR count). The van der Waals surface area contributed by atoms with Crippen LogP contribution in [0, 0.1) is 0 Å². The Bertz CT molecular complexity index is 6.00. The van der Waals surface area contributed by atoms with Gasteiger partial charge in [0.25, 0.3) is 0 Å². The third kappa shape index (κ3) is 8.82. The first-order valence-corrected chi connectivity index (χ1v) is 7.39. The fourth-order valence-electron chi connectivity index (χ4n) is 0. The van der Waals surface area contributed by atoms with Crippen molar-refractivity contribution in [3.8, 4) is 0 Å². The number of hydrogen-bond acceptors (Lipinski definition) is 0. The van der Waals surface area contributed by atoms with Crippen molar-refractivity contribution >= 4 is 59.5 Å². The van der Waals surface area contributed by atoms with Gasteiger partial charge < -0.3 is 0 Å². The number of rotatable bonds is 0. The Labute approximate surface area is 66.7 Å². The Morgan fingerprint density at radius 3 is 1.25 bits per heavy atom. The van der Waals surface area contributed by atoms with E-state index in [1.54, 1.807) is 0 Å². The summed E-state index contributed by atoms with van der Waals surface area (Å²) < 4.78 is 0. The fraction of sp³-hybridized carbons (Fsp3) is 0. The molecular formula is FeI2Li. The average molecular weight is 317 g/mol. The van der Waals surface area contributed by atoms with Gasteiger partial charge >= 0.3 is 49.1 Å². The molecule has 0 bridgehead atoms. The van der Waals surface area contributed by atoms with E-state index in [2.05, 4.69) is 40.7 Å². The van der Waals surface area contributed by atoms with Crippen molar-refractivity contribution in [2.45, 2.75) is 0 Å². The Morgan fingerprint density at radius 1 is 1.25 bits per heavy atom. The molecule has 0 aromatic heterocycles. The van der Waals surface area contributed by atoms with E-state index in [4.69, 9.17) is 0 Å². The summed E-state index contributed by atoms with van der Waals surface area (Å²) in [6.45, 7) is 0. The van der Waals surface area contributed by atoms with Crippen LogP contribution in [0.15, 0.2) is 0 Å². The first-order valence-electron chi connectivity index (χ1n) is 0.267. The zero-order valence-corrected chi connectivity index (χ0v) is 7.53. The summed E-state index contributed by atoms with van der Waals surface area (Å²) in [5.74, 6) is 0. The van der Waals surface area contributed by atoms with Gasteiger partial charge in [-0.3, -0.25) is 0 Å². The van der Waals surface area contributed by atoms with Gasteiger partial charge in [0.1, 0.15) is 0 Å². The maximum absolute atomic E-state index is 2.28. The van der Waals surface area contributed by atoms with Gasteiger partial charge in [-0.1, -0.05) is 0 Å². The summed E-state index contributed by atoms with van der Waals surface area (Å²) in [4.78, 5) is 0. The molecule has 0 nitrogen and oxygen atoms in total. The van der Waals surface area contributed by atoms with Crippen LogP contribution in [0.2, 0.25) is 0 Å². The molecule has 0 N–H and O–H groups in total. The van der Waals surface area contributed by atoms with Gasteiger partial charge in [0.05, 0.1) is 0 Å². The van der Waals surface area contributed by atoms with E-state index < -0.39 is 0 Å². The second-order valence-corrected chi connectivity index (χ2v) is 9.37. The molecular weight excluding hydrogens is 317 g/mol. The average Bonchev–Trinajstić information content (AvgIpc) is 0.918. The minimum atomic E-state index is 0. The van der Waals surface area contributed by atoms with Gasteiger partial charge in [0.2, 0.25) is 0 Å². The normalized spacial score (nSPS) is 5.50. The molecule has 0 aliphatic carbocycles. The zero-order chi connectivity index (χ0) is 2.71. The van der Waals surface area contributed by atoms with Crippen LogP contribution in [0.25, 0.3) is 0 Å². The summed E-state index contributed by atoms with van der Waals surface area (Å²) >= 11 is 4.55. The Morgan fingerprint density at radius 2 is 1.25 bits per heavy atom. The Hall–Kier alpha value is 2.58. The smallest absolute Gasteiger partial charge is 0 e. The standard InChI is InChI=1S/Fe.2HI.Li/h;2*1H;/q+2;;;/p-2. The number of halogens is 2. The molecule has 4 heavy (non-hydrogen) atoms. The van der Waals surface area contributed by atoms with E-state index in [1.807, 2.05) is 0 Å². The van der Waals surface area contributed by atoms with E-state index in [1.165, 1.54) is 8.46 Å². The second-order valence-electron chi connectivity index (χ2n) is 0.0505. The molecule has 0 aliphatic heterocycles. The van der Waals surface area contributed by atoms with Gasteiger partial charge in [0.15, 0.2) is 0 Å². The van der Waals surface area contributed by atoms with Crippen molar-refractivity contribution in [1.29, 1.82) is 0 Å². The Balaban J connectivity index is 0. The van der Waals surface area contributed by atoms with Gasteiger partial charge in [0, 0.05) is 18.9 Å². The molecule has 0 spiro atoms. The molecule has 1 radical (unpaired) electrons. The van der Waals surface area contributed by atoms with Gasteiger partial charge in [-0.15, -0.1) is 0 Å². The predicted octanol–water partition coefficient (Wildman–Crippen LogP) is 1.39. The van der Waals surface area contributed by atoms with Crippen LogP contribution < -0.4 is 0 Å². The van der Waals surface area contributed by atoms with E-state index in [0.29, 0.717) is 0 Å². The van der Waals surface area contributed by atoms with E-state index >= 15 is 0 Å². The largest absolute Gasteiger partial charge is 0 e. The minimum absolute atomic E-state index is 0. The van der Waals surface area contributed by atoms with Crippen molar-refractivity contribution in [1.82, 2.24) is 0 Å². The van der Waals surface area contributed by atoms with E-state index in [0.717, 1.165) is 0 Å². The molecule has 0 saturated heterocycles. The van der Waals surface area contributed by atoms with Crippen LogP contribution in [0.4, 0.5) is 0 Å². The predicted molar refractivity (Wildman–Crippen MR) is 33.8 cm³/mol. The molecule has 0 aromatic carbocycles. The summed E-state index contributed by atoms with van der Waals surface area (Å²) in [6.07, 6.45) is 0. The molecule has 0 aromatic rings. The van der Waals surface area contributed by atoms with E-state index in [9.17, 15) is 0 Å². The monoisotopic (exact) mass is 317 g/mol. The maximum Gasteiger partial charge on any atom is 0 e. The molecule has 0 heterocycles. The van der Waals surface area contributed by atoms with Crippen LogP contribution in [-0.4, -0.2) is 18.9 Å². The molecule has 4 heteroatoms. The SMILES string of the molecule is [I][Fe][I].[Li]. The first-order chi connectivity index (χ1) is 1.41. The molecule has 0 aliphatic rings. The van der Waals surface area contributed by atoms with Crippen LogP contribution in [0.1, 0.15) is 0 Å². The number of hydrogen-bond donors (Lipinski definition) is 0. The molecule has 0 atom stereocenters. The van der Waals surface area contributed by atoms with Crippen LogP contribution in [-0.2, 0) is 8.46 Å². The molecule has 0 amide bonds. The van der Waals surface area contributed by atoms with E-state index in [-0.39, 0.29) is 18.9 Å². The third-order valence-electron chi connectivity index (χ3n) is 0. The minimum Gasteiger partial charge on any atom is 0 e.